The fraction of sp³-hybridized carbons (Fsp3) is 0.733. The van der Waals surface area contributed by atoms with Crippen molar-refractivity contribution >= 4 is 11.6 Å². The first-order valence-corrected chi connectivity index (χ1v) is 7.04. The molecule has 0 aromatic carbocycles. The van der Waals surface area contributed by atoms with Gasteiger partial charge in [0.25, 0.3) is 0 Å². The molecule has 19 heavy (non-hydrogen) atoms. The molecule has 1 fully saturated rings. The van der Waals surface area contributed by atoms with E-state index in [2.05, 4.69) is 0 Å². The van der Waals surface area contributed by atoms with Crippen LogP contribution in [0.4, 0.5) is 4.39 Å². The number of ketones is 2. The van der Waals surface area contributed by atoms with Crippen molar-refractivity contribution in [1.82, 2.24) is 0 Å². The van der Waals surface area contributed by atoms with Crippen molar-refractivity contribution in [2.75, 3.05) is 0 Å². The second-order valence-corrected chi connectivity index (χ2v) is 5.74. The zero-order chi connectivity index (χ0) is 14.0. The van der Waals surface area contributed by atoms with E-state index in [1.54, 1.807) is 6.08 Å². The summed E-state index contributed by atoms with van der Waals surface area (Å²) in [6, 6.07) is 0. The van der Waals surface area contributed by atoms with Crippen LogP contribution in [0.5, 0.6) is 0 Å². The lowest BCUT2D eigenvalue weighted by atomic mass is 9.75. The maximum absolute atomic E-state index is 14.5. The number of allylic oxidation sites excluding steroid dienone is 2. The normalized spacial score (nSPS) is 32.4. The Kier molecular flexibility index (Phi) is 4.07. The molecule has 0 bridgehead atoms. The molecule has 1 heterocycles. The molecule has 0 spiro atoms. The average Bonchev–Trinajstić information content (AvgIpc) is 2.39. The maximum Gasteiger partial charge on any atom is 0.306 e. The van der Waals surface area contributed by atoms with Crippen molar-refractivity contribution in [1.29, 1.82) is 0 Å². The van der Waals surface area contributed by atoms with Crippen molar-refractivity contribution in [2.24, 2.45) is 11.8 Å². The molecular weight excluding hydrogens is 247 g/mol. The fourth-order valence-electron chi connectivity index (χ4n) is 3.08. The van der Waals surface area contributed by atoms with Crippen LogP contribution in [-0.4, -0.2) is 17.4 Å². The molecular formula is C15H21FO3. The van der Waals surface area contributed by atoms with Crippen LogP contribution in [0.15, 0.2) is 11.8 Å². The molecule has 4 heteroatoms. The van der Waals surface area contributed by atoms with E-state index < -0.39 is 11.6 Å². The largest absolute Gasteiger partial charge is 0.448 e. The highest BCUT2D eigenvalue weighted by atomic mass is 19.2. The predicted octanol–water partition coefficient (Wildman–Crippen LogP) is 3.33. The molecule has 0 amide bonds. The minimum Gasteiger partial charge on any atom is -0.448 e. The first-order chi connectivity index (χ1) is 8.92. The van der Waals surface area contributed by atoms with E-state index in [1.165, 1.54) is 20.3 Å². The van der Waals surface area contributed by atoms with Crippen molar-refractivity contribution < 1.29 is 18.7 Å². The number of carbonyl (C=O) groups excluding carboxylic acids is 2. The Balaban J connectivity index is 2.23. The van der Waals surface area contributed by atoms with E-state index in [1.807, 2.05) is 0 Å². The third-order valence-corrected chi connectivity index (χ3v) is 4.26. The Bertz CT molecular complexity index is 410. The minimum atomic E-state index is -2.32. The number of alkyl halides is 1. The van der Waals surface area contributed by atoms with Crippen molar-refractivity contribution in [3.8, 4) is 0 Å². The Hall–Kier alpha value is -1.19. The first-order valence-electron chi connectivity index (χ1n) is 7.04. The number of rotatable bonds is 3. The maximum atomic E-state index is 14.5. The second-order valence-electron chi connectivity index (χ2n) is 5.74. The van der Waals surface area contributed by atoms with Gasteiger partial charge in [0.15, 0.2) is 11.5 Å². The monoisotopic (exact) mass is 268 g/mol. The van der Waals surface area contributed by atoms with Gasteiger partial charge in [-0.05, 0) is 30.8 Å². The summed E-state index contributed by atoms with van der Waals surface area (Å²) in [7, 11) is 0. The molecule has 0 N–H and O–H groups in total. The van der Waals surface area contributed by atoms with E-state index >= 15 is 0 Å². The lowest BCUT2D eigenvalue weighted by molar-refractivity contribution is -0.172. The number of ether oxygens (including phenoxy) is 1. The molecule has 2 atom stereocenters. The molecule has 2 aliphatic rings. The lowest BCUT2D eigenvalue weighted by Gasteiger charge is -2.37. The summed E-state index contributed by atoms with van der Waals surface area (Å²) in [6.07, 6.45) is 7.37. The van der Waals surface area contributed by atoms with Crippen LogP contribution >= 0.6 is 0 Å². The Morgan fingerprint density at radius 2 is 1.89 bits per heavy atom. The topological polar surface area (TPSA) is 43.4 Å². The van der Waals surface area contributed by atoms with Crippen molar-refractivity contribution in [3.63, 3.8) is 0 Å². The van der Waals surface area contributed by atoms with Crippen molar-refractivity contribution in [3.05, 3.63) is 11.8 Å². The van der Waals surface area contributed by atoms with Gasteiger partial charge >= 0.3 is 5.85 Å². The van der Waals surface area contributed by atoms with Crippen molar-refractivity contribution in [2.45, 2.75) is 58.2 Å². The van der Waals surface area contributed by atoms with E-state index in [-0.39, 0.29) is 23.9 Å². The Morgan fingerprint density at radius 3 is 2.42 bits per heavy atom. The molecule has 2 unspecified atom stereocenters. The molecule has 1 aliphatic carbocycles. The van der Waals surface area contributed by atoms with Gasteiger partial charge in [0, 0.05) is 20.3 Å². The highest BCUT2D eigenvalue weighted by Gasteiger charge is 2.46. The van der Waals surface area contributed by atoms with E-state index in [4.69, 9.17) is 4.74 Å². The third-order valence-electron chi connectivity index (χ3n) is 4.26. The van der Waals surface area contributed by atoms with Crippen LogP contribution in [0.1, 0.15) is 52.4 Å². The summed E-state index contributed by atoms with van der Waals surface area (Å²) in [5, 5.41) is 0. The van der Waals surface area contributed by atoms with Crippen LogP contribution in [0.3, 0.4) is 0 Å². The van der Waals surface area contributed by atoms with E-state index in [0.717, 1.165) is 25.7 Å². The summed E-state index contributed by atoms with van der Waals surface area (Å²) < 4.78 is 19.6. The molecule has 0 aromatic heterocycles. The van der Waals surface area contributed by atoms with Gasteiger partial charge in [-0.25, -0.2) is 0 Å². The van der Waals surface area contributed by atoms with Crippen LogP contribution in [0.25, 0.3) is 0 Å². The average molecular weight is 268 g/mol. The van der Waals surface area contributed by atoms with Gasteiger partial charge in [0.2, 0.25) is 5.78 Å². The van der Waals surface area contributed by atoms with Gasteiger partial charge in [-0.3, -0.25) is 9.59 Å². The number of hydrogen-bond acceptors (Lipinski definition) is 3. The molecule has 1 aliphatic heterocycles. The lowest BCUT2D eigenvalue weighted by Crippen LogP contribution is -2.42. The van der Waals surface area contributed by atoms with Crippen LogP contribution in [0.2, 0.25) is 0 Å². The van der Waals surface area contributed by atoms with Gasteiger partial charge in [0.1, 0.15) is 0 Å². The van der Waals surface area contributed by atoms with Gasteiger partial charge < -0.3 is 4.74 Å². The summed E-state index contributed by atoms with van der Waals surface area (Å²) >= 11 is 0. The molecule has 106 valence electrons. The predicted molar refractivity (Wildman–Crippen MR) is 69.1 cm³/mol. The molecule has 1 saturated carbocycles. The first kappa shape index (κ1) is 14.2. The van der Waals surface area contributed by atoms with E-state index in [0.29, 0.717) is 5.92 Å². The number of carbonyl (C=O) groups is 2. The SMILES string of the molecule is CC(=O)C1=CC(C2CCCCC2)CC(F)(C(C)=O)O1. The number of Topliss-reactive ketones (excluding diaryl/α,β-unsaturated/α-hetero) is 2. The summed E-state index contributed by atoms with van der Waals surface area (Å²) in [6.45, 7) is 2.52. The van der Waals surface area contributed by atoms with Gasteiger partial charge in [-0.2, -0.15) is 4.39 Å². The van der Waals surface area contributed by atoms with Gasteiger partial charge in [-0.1, -0.05) is 19.3 Å². The third kappa shape index (κ3) is 3.04. The van der Waals surface area contributed by atoms with E-state index in [9.17, 15) is 14.0 Å². The summed E-state index contributed by atoms with van der Waals surface area (Å²) in [5.41, 5.74) is 0. The molecule has 2 rings (SSSR count). The smallest absolute Gasteiger partial charge is 0.306 e. The minimum absolute atomic E-state index is 0.0134. The highest BCUT2D eigenvalue weighted by molar-refractivity contribution is 5.93. The molecule has 3 nitrogen and oxygen atoms in total. The van der Waals surface area contributed by atoms with Gasteiger partial charge in [-0.15, -0.1) is 0 Å². The van der Waals surface area contributed by atoms with Gasteiger partial charge in [0.05, 0.1) is 0 Å². The Morgan fingerprint density at radius 1 is 1.26 bits per heavy atom. The highest BCUT2D eigenvalue weighted by Crippen LogP contribution is 2.41. The zero-order valence-corrected chi connectivity index (χ0v) is 11.6. The van der Waals surface area contributed by atoms with Crippen LogP contribution < -0.4 is 0 Å². The number of hydrogen-bond donors (Lipinski definition) is 0. The fourth-order valence-corrected chi connectivity index (χ4v) is 3.08. The molecule has 0 radical (unpaired) electrons. The summed E-state index contributed by atoms with van der Waals surface area (Å²) in [4.78, 5) is 22.9. The molecule has 0 aromatic rings. The summed E-state index contributed by atoms with van der Waals surface area (Å²) in [5.74, 6) is -2.98. The molecule has 0 saturated heterocycles. The standard InChI is InChI=1S/C15H21FO3/c1-10(17)14-8-13(12-6-4-3-5-7-12)9-15(16,19-14)11(2)18/h8,12-13H,3-7,9H2,1-2H3. The quantitative estimate of drug-likeness (QED) is 0.788. The van der Waals surface area contributed by atoms with Crippen LogP contribution in [-0.2, 0) is 14.3 Å². The zero-order valence-electron chi connectivity index (χ0n) is 11.6. The Labute approximate surface area is 113 Å². The number of halogens is 1. The second kappa shape index (κ2) is 5.43. The van der Waals surface area contributed by atoms with Crippen LogP contribution in [0, 0.1) is 11.8 Å².